The summed E-state index contributed by atoms with van der Waals surface area (Å²) in [6, 6.07) is -6.22. The van der Waals surface area contributed by atoms with Crippen molar-refractivity contribution in [3.8, 4) is 0 Å². The zero-order chi connectivity index (χ0) is 42.0. The molecule has 6 atom stereocenters. The average molecular weight is 778 g/mol. The standard InChI is InChI=1S/C38H67N9O8/c1-20(2)11-26(39)33(49)44-28(13-22(5)6)35(51)46-30(15-24(9)10)37(53)47-29(14-23(7)8)36(52)45-27(12-21(3)4)34(50)41-18-32(48)43-31(38(54)55)16-25-17-40-19-42-25/h17,19-24,26-31H,11-16,18,39H2,1-10H3,(H,40,42)(H,41,50)(H,43,48)(H,44,49)(H,45,52)(H,46,51)(H,47,53)(H,54,55)/t26-,27-,28-,29-,30-,31-/m0/s1. The Balaban J connectivity index is 3.12. The van der Waals surface area contributed by atoms with Crippen LogP contribution in [0, 0.1) is 29.6 Å². The first kappa shape index (κ1) is 48.5. The number of imidazole rings is 1. The molecule has 0 aliphatic carbocycles. The smallest absolute Gasteiger partial charge is 0.326 e. The number of carboxylic acid groups (broad SMARTS) is 1. The number of nitrogens with zero attached hydrogens (tertiary/aromatic N) is 1. The second-order valence-corrected chi connectivity index (χ2v) is 16.4. The Hall–Kier alpha value is -4.54. The van der Waals surface area contributed by atoms with Crippen molar-refractivity contribution in [2.24, 2.45) is 35.3 Å². The molecule has 0 spiro atoms. The highest BCUT2D eigenvalue weighted by atomic mass is 16.4. The summed E-state index contributed by atoms with van der Waals surface area (Å²) in [7, 11) is 0. The summed E-state index contributed by atoms with van der Waals surface area (Å²) in [5, 5.41) is 25.5. The van der Waals surface area contributed by atoms with Gasteiger partial charge in [0.2, 0.25) is 35.4 Å². The summed E-state index contributed by atoms with van der Waals surface area (Å²) in [6.45, 7) is 18.4. The number of H-pyrrole nitrogens is 1. The molecule has 0 aliphatic rings. The zero-order valence-electron chi connectivity index (χ0n) is 34.3. The maximum absolute atomic E-state index is 13.8. The summed E-state index contributed by atoms with van der Waals surface area (Å²) in [5.41, 5.74) is 6.51. The molecule has 0 aliphatic heterocycles. The number of nitrogens with two attached hydrogens (primary N) is 1. The molecule has 1 heterocycles. The molecule has 6 amide bonds. The lowest BCUT2D eigenvalue weighted by Crippen LogP contribution is -2.59. The van der Waals surface area contributed by atoms with Gasteiger partial charge < -0.3 is 47.7 Å². The minimum atomic E-state index is -1.28. The Morgan fingerprint density at radius 2 is 0.964 bits per heavy atom. The van der Waals surface area contributed by atoms with Crippen LogP contribution in [0.15, 0.2) is 12.5 Å². The Labute approximate surface area is 325 Å². The molecular formula is C38H67N9O8. The third-order valence-electron chi connectivity index (χ3n) is 8.45. The number of nitrogens with one attached hydrogen (secondary N) is 7. The summed E-state index contributed by atoms with van der Waals surface area (Å²) in [6.07, 6.45) is 4.24. The average Bonchev–Trinajstić information content (AvgIpc) is 3.57. The molecule has 10 N–H and O–H groups in total. The highest BCUT2D eigenvalue weighted by molar-refractivity contribution is 5.96. The molecule has 312 valence electrons. The van der Waals surface area contributed by atoms with Gasteiger partial charge >= 0.3 is 5.97 Å². The molecule has 17 heteroatoms. The minimum absolute atomic E-state index is 0.0292. The number of amides is 6. The molecule has 0 radical (unpaired) electrons. The summed E-state index contributed by atoms with van der Waals surface area (Å²) >= 11 is 0. The molecule has 1 rings (SSSR count). The van der Waals surface area contributed by atoms with Crippen LogP contribution in [0.3, 0.4) is 0 Å². The highest BCUT2D eigenvalue weighted by Crippen LogP contribution is 2.13. The SMILES string of the molecule is CC(C)C[C@H](NC(=O)[C@H](CC(C)C)NC(=O)[C@H](CC(C)C)NC(=O)[C@H](CC(C)C)NC(=O)[C@@H](N)CC(C)C)C(=O)NCC(=O)N[C@@H](Cc1c[nH]cn1)C(=O)O. The largest absolute Gasteiger partial charge is 0.480 e. The number of carbonyl (C=O) groups excluding carboxylic acids is 6. The van der Waals surface area contributed by atoms with E-state index in [0.717, 1.165) is 0 Å². The lowest BCUT2D eigenvalue weighted by molar-refractivity contribution is -0.141. The van der Waals surface area contributed by atoms with Gasteiger partial charge in [-0.25, -0.2) is 9.78 Å². The van der Waals surface area contributed by atoms with E-state index in [1.165, 1.54) is 12.5 Å². The van der Waals surface area contributed by atoms with E-state index in [2.05, 4.69) is 41.9 Å². The Kier molecular flexibility index (Phi) is 21.2. The van der Waals surface area contributed by atoms with Gasteiger partial charge in [-0.15, -0.1) is 0 Å². The summed E-state index contributed by atoms with van der Waals surface area (Å²) in [5.74, 6) is -4.85. The van der Waals surface area contributed by atoms with E-state index < -0.39 is 84.2 Å². The second kappa shape index (κ2) is 24.1. The first-order valence-corrected chi connectivity index (χ1v) is 19.3. The molecule has 17 nitrogen and oxygen atoms in total. The monoisotopic (exact) mass is 778 g/mol. The second-order valence-electron chi connectivity index (χ2n) is 16.4. The maximum atomic E-state index is 13.8. The third kappa shape index (κ3) is 19.6. The molecule has 0 bridgehead atoms. The van der Waals surface area contributed by atoms with Gasteiger partial charge in [0.05, 0.1) is 24.6 Å². The van der Waals surface area contributed by atoms with Crippen LogP contribution in [0.2, 0.25) is 0 Å². The van der Waals surface area contributed by atoms with Crippen molar-refractivity contribution in [2.45, 2.75) is 144 Å². The van der Waals surface area contributed by atoms with Gasteiger partial charge in [0.15, 0.2) is 0 Å². The Bertz CT molecular complexity index is 1400. The number of aromatic amines is 1. The van der Waals surface area contributed by atoms with E-state index in [-0.39, 0.29) is 55.3 Å². The first-order valence-electron chi connectivity index (χ1n) is 19.3. The van der Waals surface area contributed by atoms with Gasteiger partial charge in [0, 0.05) is 12.6 Å². The van der Waals surface area contributed by atoms with E-state index in [4.69, 9.17) is 5.73 Å². The molecule has 0 saturated heterocycles. The van der Waals surface area contributed by atoms with E-state index in [9.17, 15) is 38.7 Å². The number of hydrogen-bond acceptors (Lipinski definition) is 9. The molecule has 1 aromatic heterocycles. The van der Waals surface area contributed by atoms with E-state index in [1.54, 1.807) is 0 Å². The predicted molar refractivity (Wildman–Crippen MR) is 208 cm³/mol. The number of hydrogen-bond donors (Lipinski definition) is 9. The predicted octanol–water partition coefficient (Wildman–Crippen LogP) is 1.13. The number of carbonyl (C=O) groups is 7. The lowest BCUT2D eigenvalue weighted by Gasteiger charge is -2.29. The van der Waals surface area contributed by atoms with Gasteiger partial charge in [-0.05, 0) is 61.7 Å². The van der Waals surface area contributed by atoms with Gasteiger partial charge in [0.25, 0.3) is 0 Å². The molecule has 0 saturated carbocycles. The first-order chi connectivity index (χ1) is 25.6. The molecule has 0 fully saturated rings. The van der Waals surface area contributed by atoms with Crippen LogP contribution in [-0.2, 0) is 40.0 Å². The van der Waals surface area contributed by atoms with E-state index >= 15 is 0 Å². The number of aromatic nitrogens is 2. The minimum Gasteiger partial charge on any atom is -0.480 e. The van der Waals surface area contributed by atoms with Crippen molar-refractivity contribution in [3.63, 3.8) is 0 Å². The number of aliphatic carboxylic acids is 1. The Morgan fingerprint density at radius 3 is 1.31 bits per heavy atom. The topological polar surface area (TPSA) is 267 Å². The number of rotatable bonds is 25. The van der Waals surface area contributed by atoms with Crippen molar-refractivity contribution in [2.75, 3.05) is 6.54 Å². The van der Waals surface area contributed by atoms with E-state index in [0.29, 0.717) is 18.5 Å². The fourth-order valence-electron chi connectivity index (χ4n) is 5.87. The van der Waals surface area contributed by atoms with Crippen molar-refractivity contribution in [1.82, 2.24) is 41.9 Å². The summed E-state index contributed by atoms with van der Waals surface area (Å²) in [4.78, 5) is 98.5. The third-order valence-corrected chi connectivity index (χ3v) is 8.45. The molecule has 1 aromatic rings. The Morgan fingerprint density at radius 1 is 0.582 bits per heavy atom. The van der Waals surface area contributed by atoms with Crippen LogP contribution >= 0.6 is 0 Å². The molecule has 55 heavy (non-hydrogen) atoms. The van der Waals surface area contributed by atoms with Crippen LogP contribution in [0.25, 0.3) is 0 Å². The van der Waals surface area contributed by atoms with Gasteiger partial charge in [-0.1, -0.05) is 69.2 Å². The van der Waals surface area contributed by atoms with Gasteiger partial charge in [-0.2, -0.15) is 0 Å². The molecular weight excluding hydrogens is 710 g/mol. The van der Waals surface area contributed by atoms with Crippen LogP contribution < -0.4 is 37.6 Å². The van der Waals surface area contributed by atoms with E-state index in [1.807, 2.05) is 69.2 Å². The highest BCUT2D eigenvalue weighted by Gasteiger charge is 2.33. The van der Waals surface area contributed by atoms with Crippen LogP contribution in [0.5, 0.6) is 0 Å². The quantitative estimate of drug-likeness (QED) is 0.0683. The van der Waals surface area contributed by atoms with Crippen molar-refractivity contribution < 1.29 is 38.7 Å². The molecule has 0 unspecified atom stereocenters. The van der Waals surface area contributed by atoms with Gasteiger partial charge in [-0.3, -0.25) is 28.8 Å². The van der Waals surface area contributed by atoms with Crippen molar-refractivity contribution in [3.05, 3.63) is 18.2 Å². The van der Waals surface area contributed by atoms with Crippen LogP contribution in [0.1, 0.15) is 107 Å². The lowest BCUT2D eigenvalue weighted by atomic mass is 9.97. The fourth-order valence-corrected chi connectivity index (χ4v) is 5.87. The zero-order valence-corrected chi connectivity index (χ0v) is 34.3. The normalized spacial score (nSPS) is 14.8. The molecule has 0 aromatic carbocycles. The number of carboxylic acids is 1. The van der Waals surface area contributed by atoms with Gasteiger partial charge in [0.1, 0.15) is 30.2 Å². The van der Waals surface area contributed by atoms with Crippen LogP contribution in [-0.4, -0.2) is 99.3 Å². The van der Waals surface area contributed by atoms with Crippen molar-refractivity contribution in [1.29, 1.82) is 0 Å². The maximum Gasteiger partial charge on any atom is 0.326 e. The fraction of sp³-hybridized carbons (Fsp3) is 0.737. The van der Waals surface area contributed by atoms with Crippen LogP contribution in [0.4, 0.5) is 0 Å². The summed E-state index contributed by atoms with van der Waals surface area (Å²) < 4.78 is 0. The van der Waals surface area contributed by atoms with Crippen molar-refractivity contribution >= 4 is 41.4 Å².